The summed E-state index contributed by atoms with van der Waals surface area (Å²) in [4.78, 5) is 16.7. The largest absolute Gasteiger partial charge is 0.489 e. The second-order valence-electron chi connectivity index (χ2n) is 7.05. The van der Waals surface area contributed by atoms with Crippen LogP contribution in [0.1, 0.15) is 12.0 Å². The zero-order valence-electron chi connectivity index (χ0n) is 15.8. The molecule has 1 N–H and O–H groups in total. The predicted octanol–water partition coefficient (Wildman–Crippen LogP) is 3.18. The molecule has 27 heavy (non-hydrogen) atoms. The zero-order chi connectivity index (χ0) is 19.2. The highest BCUT2D eigenvalue weighted by Crippen LogP contribution is 2.37. The van der Waals surface area contributed by atoms with Crippen LogP contribution in [0.2, 0.25) is 5.02 Å². The fourth-order valence-electron chi connectivity index (χ4n) is 3.18. The number of nitrogens with one attached hydrogen (secondary N) is 1. The highest BCUT2D eigenvalue weighted by Gasteiger charge is 2.29. The Kier molecular flexibility index (Phi) is 6.58. The van der Waals surface area contributed by atoms with E-state index in [1.54, 1.807) is 0 Å². The summed E-state index contributed by atoms with van der Waals surface area (Å²) in [5.74, 6) is 0.841. The van der Waals surface area contributed by atoms with Crippen LogP contribution in [-0.2, 0) is 11.3 Å². The molecule has 0 saturated carbocycles. The van der Waals surface area contributed by atoms with Crippen molar-refractivity contribution < 1.29 is 9.53 Å². The van der Waals surface area contributed by atoms with Crippen LogP contribution < -0.4 is 15.0 Å². The number of hydrogen-bond acceptors (Lipinski definition) is 4. The van der Waals surface area contributed by atoms with E-state index in [2.05, 4.69) is 22.3 Å². The lowest BCUT2D eigenvalue weighted by Gasteiger charge is -2.38. The Morgan fingerprint density at radius 2 is 2.04 bits per heavy atom. The molecular formula is C21H26ClN3O2. The number of nitrogens with zero attached hydrogens (tertiary/aromatic N) is 2. The number of rotatable bonds is 7. The summed E-state index contributed by atoms with van der Waals surface area (Å²) in [6.07, 6.45) is 0.381. The van der Waals surface area contributed by atoms with Gasteiger partial charge in [-0.2, -0.15) is 0 Å². The number of likely N-dealkylation sites (N-methyl/N-ethyl adjacent to an activating group) is 1. The maximum atomic E-state index is 12.4. The molecule has 1 aliphatic heterocycles. The van der Waals surface area contributed by atoms with Crippen molar-refractivity contribution in [3.8, 4) is 5.75 Å². The van der Waals surface area contributed by atoms with Gasteiger partial charge in [-0.3, -0.25) is 4.79 Å². The molecule has 0 unspecified atom stereocenters. The molecule has 6 heteroatoms. The summed E-state index contributed by atoms with van der Waals surface area (Å²) in [5, 5.41) is 3.65. The SMILES string of the molecule is CN(C)CCNC(=O)C[C@H]1COc2ccc(Cl)cc2N1Cc1ccccc1. The molecule has 2 aromatic rings. The number of halogens is 1. The molecule has 5 nitrogen and oxygen atoms in total. The average Bonchev–Trinajstić information content (AvgIpc) is 2.64. The van der Waals surface area contributed by atoms with Crippen molar-refractivity contribution in [2.24, 2.45) is 0 Å². The van der Waals surface area contributed by atoms with Gasteiger partial charge in [-0.1, -0.05) is 41.9 Å². The minimum atomic E-state index is -0.0458. The molecule has 0 aliphatic carbocycles. The van der Waals surface area contributed by atoms with Crippen LogP contribution in [0.5, 0.6) is 5.75 Å². The number of amides is 1. The van der Waals surface area contributed by atoms with Gasteiger partial charge in [0.05, 0.1) is 18.2 Å². The number of anilines is 1. The van der Waals surface area contributed by atoms with Crippen LogP contribution in [0, 0.1) is 0 Å². The van der Waals surface area contributed by atoms with Crippen LogP contribution in [0.4, 0.5) is 5.69 Å². The van der Waals surface area contributed by atoms with Gasteiger partial charge in [0.2, 0.25) is 5.91 Å². The third-order valence-electron chi connectivity index (χ3n) is 4.60. The lowest BCUT2D eigenvalue weighted by atomic mass is 10.1. The van der Waals surface area contributed by atoms with E-state index in [1.807, 2.05) is 55.4 Å². The van der Waals surface area contributed by atoms with Crippen molar-refractivity contribution >= 4 is 23.2 Å². The first-order valence-electron chi connectivity index (χ1n) is 9.17. The van der Waals surface area contributed by atoms with Gasteiger partial charge in [0.25, 0.3) is 0 Å². The van der Waals surface area contributed by atoms with E-state index < -0.39 is 0 Å². The summed E-state index contributed by atoms with van der Waals surface area (Å²) < 4.78 is 5.91. The number of ether oxygens (including phenoxy) is 1. The first-order valence-corrected chi connectivity index (χ1v) is 9.55. The maximum absolute atomic E-state index is 12.4. The van der Waals surface area contributed by atoms with E-state index in [-0.39, 0.29) is 11.9 Å². The Morgan fingerprint density at radius 1 is 1.26 bits per heavy atom. The summed E-state index contributed by atoms with van der Waals surface area (Å²) in [6, 6.07) is 15.8. The molecule has 1 aliphatic rings. The third-order valence-corrected chi connectivity index (χ3v) is 4.84. The van der Waals surface area contributed by atoms with Crippen LogP contribution in [0.3, 0.4) is 0 Å². The lowest BCUT2D eigenvalue weighted by molar-refractivity contribution is -0.121. The van der Waals surface area contributed by atoms with Crippen molar-refractivity contribution in [1.82, 2.24) is 10.2 Å². The molecule has 0 aromatic heterocycles. The molecular weight excluding hydrogens is 362 g/mol. The quantitative estimate of drug-likeness (QED) is 0.792. The van der Waals surface area contributed by atoms with Gasteiger partial charge in [-0.05, 0) is 37.9 Å². The Balaban J connectivity index is 1.76. The molecule has 3 rings (SSSR count). The second-order valence-corrected chi connectivity index (χ2v) is 7.48. The zero-order valence-corrected chi connectivity index (χ0v) is 16.6. The van der Waals surface area contributed by atoms with E-state index in [4.69, 9.17) is 16.3 Å². The minimum Gasteiger partial charge on any atom is -0.489 e. The van der Waals surface area contributed by atoms with E-state index in [1.165, 1.54) is 5.56 Å². The van der Waals surface area contributed by atoms with E-state index in [9.17, 15) is 4.79 Å². The average molecular weight is 388 g/mol. The summed E-state index contributed by atoms with van der Waals surface area (Å²) in [5.41, 5.74) is 2.12. The van der Waals surface area contributed by atoms with E-state index in [0.29, 0.717) is 31.1 Å². The number of carbonyl (C=O) groups excluding carboxylic acids is 1. The smallest absolute Gasteiger partial charge is 0.222 e. The molecule has 0 radical (unpaired) electrons. The van der Waals surface area contributed by atoms with Gasteiger partial charge < -0.3 is 19.9 Å². The normalized spacial score (nSPS) is 16.0. The molecule has 0 spiro atoms. The number of hydrogen-bond donors (Lipinski definition) is 1. The fraction of sp³-hybridized carbons (Fsp3) is 0.381. The van der Waals surface area contributed by atoms with Crippen molar-refractivity contribution in [3.63, 3.8) is 0 Å². The van der Waals surface area contributed by atoms with Gasteiger partial charge in [-0.25, -0.2) is 0 Å². The summed E-state index contributed by atoms with van der Waals surface area (Å²) in [6.45, 7) is 2.63. The Morgan fingerprint density at radius 3 is 2.78 bits per heavy atom. The minimum absolute atomic E-state index is 0.0361. The van der Waals surface area contributed by atoms with Crippen molar-refractivity contribution in [2.75, 3.05) is 38.7 Å². The highest BCUT2D eigenvalue weighted by molar-refractivity contribution is 6.31. The second kappa shape index (κ2) is 9.11. The molecule has 0 saturated heterocycles. The summed E-state index contributed by atoms with van der Waals surface area (Å²) >= 11 is 6.23. The molecule has 0 fully saturated rings. The summed E-state index contributed by atoms with van der Waals surface area (Å²) in [7, 11) is 3.98. The molecule has 2 aromatic carbocycles. The predicted molar refractivity (Wildman–Crippen MR) is 110 cm³/mol. The van der Waals surface area contributed by atoms with Crippen LogP contribution >= 0.6 is 11.6 Å². The molecule has 1 heterocycles. The van der Waals surface area contributed by atoms with E-state index in [0.717, 1.165) is 18.0 Å². The molecule has 0 bridgehead atoms. The third kappa shape index (κ3) is 5.37. The van der Waals surface area contributed by atoms with Crippen LogP contribution in [0.15, 0.2) is 48.5 Å². The Bertz CT molecular complexity index is 767. The Hall–Kier alpha value is -2.24. The van der Waals surface area contributed by atoms with Crippen molar-refractivity contribution in [2.45, 2.75) is 19.0 Å². The van der Waals surface area contributed by atoms with Gasteiger partial charge in [0, 0.05) is 24.7 Å². The lowest BCUT2D eigenvalue weighted by Crippen LogP contribution is -2.46. The standard InChI is InChI=1S/C21H26ClN3O2/c1-24(2)11-10-23-21(26)13-18-15-27-20-9-8-17(22)12-19(20)25(18)14-16-6-4-3-5-7-16/h3-9,12,18H,10-11,13-15H2,1-2H3,(H,23,26)/t18-/m0/s1. The highest BCUT2D eigenvalue weighted by atomic mass is 35.5. The first-order chi connectivity index (χ1) is 13.0. The van der Waals surface area contributed by atoms with Crippen LogP contribution in [0.25, 0.3) is 0 Å². The maximum Gasteiger partial charge on any atom is 0.222 e. The first kappa shape index (κ1) is 19.5. The molecule has 1 atom stereocenters. The van der Waals surface area contributed by atoms with Crippen molar-refractivity contribution in [3.05, 3.63) is 59.1 Å². The van der Waals surface area contributed by atoms with Gasteiger partial charge in [-0.15, -0.1) is 0 Å². The topological polar surface area (TPSA) is 44.8 Å². The van der Waals surface area contributed by atoms with Crippen LogP contribution in [-0.4, -0.2) is 50.6 Å². The monoisotopic (exact) mass is 387 g/mol. The van der Waals surface area contributed by atoms with Gasteiger partial charge in [0.15, 0.2) is 0 Å². The van der Waals surface area contributed by atoms with E-state index >= 15 is 0 Å². The van der Waals surface area contributed by atoms with Gasteiger partial charge >= 0.3 is 0 Å². The number of carbonyl (C=O) groups is 1. The Labute approximate surface area is 165 Å². The number of benzene rings is 2. The fourth-order valence-corrected chi connectivity index (χ4v) is 3.34. The number of fused-ring (bicyclic) bond motifs is 1. The molecule has 144 valence electrons. The van der Waals surface area contributed by atoms with Gasteiger partial charge in [0.1, 0.15) is 12.4 Å². The molecule has 1 amide bonds. The van der Waals surface area contributed by atoms with Crippen molar-refractivity contribution in [1.29, 1.82) is 0 Å².